The van der Waals surface area contributed by atoms with Crippen molar-refractivity contribution < 1.29 is 24.4 Å². The molecule has 0 amide bonds. The van der Waals surface area contributed by atoms with E-state index in [9.17, 15) is 10.2 Å². The lowest BCUT2D eigenvalue weighted by molar-refractivity contribution is -0.0797. The van der Waals surface area contributed by atoms with Gasteiger partial charge in [-0.3, -0.25) is 0 Å². The molecule has 0 radical (unpaired) electrons. The van der Waals surface area contributed by atoms with Crippen LogP contribution in [-0.4, -0.2) is 52.8 Å². The summed E-state index contributed by atoms with van der Waals surface area (Å²) in [6.07, 6.45) is 0.456. The van der Waals surface area contributed by atoms with Crippen molar-refractivity contribution >= 4 is 22.4 Å². The van der Waals surface area contributed by atoms with Crippen LogP contribution in [0.15, 0.2) is 121 Å². The number of rotatable bonds is 9. The number of ether oxygens (including phenoxy) is 3. The van der Waals surface area contributed by atoms with Gasteiger partial charge in [-0.15, -0.1) is 11.3 Å². The molecular formula is C37H34N2O5S. The molecule has 1 fully saturated rings. The summed E-state index contributed by atoms with van der Waals surface area (Å²) in [5.41, 5.74) is 3.78. The zero-order valence-electron chi connectivity index (χ0n) is 25.0. The van der Waals surface area contributed by atoms with Crippen molar-refractivity contribution in [1.82, 2.24) is 9.55 Å². The number of pyridine rings is 1. The largest absolute Gasteiger partial charge is 0.497 e. The molecule has 4 atom stereocenters. The van der Waals surface area contributed by atoms with Crippen molar-refractivity contribution in [3.05, 3.63) is 138 Å². The van der Waals surface area contributed by atoms with E-state index in [1.165, 1.54) is 0 Å². The number of methoxy groups -OCH3 is 2. The third-order valence-corrected chi connectivity index (χ3v) is 9.98. The highest BCUT2D eigenvalue weighted by molar-refractivity contribution is 7.13. The minimum atomic E-state index is -1.17. The van der Waals surface area contributed by atoms with Crippen molar-refractivity contribution in [2.75, 3.05) is 20.8 Å². The third kappa shape index (κ3) is 4.91. The summed E-state index contributed by atoms with van der Waals surface area (Å²) in [5.74, 6) is 1.01. The van der Waals surface area contributed by atoms with Gasteiger partial charge in [-0.1, -0.05) is 60.7 Å². The molecule has 45 heavy (non-hydrogen) atoms. The SMILES string of the molecule is COc1ccc(C(c2ccccc2)(c2ccc(OC)cc2)[C@@H]2CO[C@H](C(O)n3ccc4c(-c5cccs5)ccnc43)[C@H]2O)cc1. The van der Waals surface area contributed by atoms with Crippen LogP contribution in [0.1, 0.15) is 22.9 Å². The molecule has 3 aromatic carbocycles. The monoisotopic (exact) mass is 618 g/mol. The molecule has 1 saturated heterocycles. The van der Waals surface area contributed by atoms with Gasteiger partial charge in [0, 0.05) is 34.1 Å². The fraction of sp³-hybridized carbons (Fsp3) is 0.216. The Labute approximate surface area is 265 Å². The van der Waals surface area contributed by atoms with Crippen LogP contribution in [0.4, 0.5) is 0 Å². The highest BCUT2D eigenvalue weighted by Gasteiger charge is 2.54. The molecule has 1 unspecified atom stereocenters. The minimum Gasteiger partial charge on any atom is -0.497 e. The van der Waals surface area contributed by atoms with Crippen LogP contribution < -0.4 is 9.47 Å². The van der Waals surface area contributed by atoms with E-state index >= 15 is 0 Å². The van der Waals surface area contributed by atoms with Crippen LogP contribution in [-0.2, 0) is 10.2 Å². The van der Waals surface area contributed by atoms with E-state index in [-0.39, 0.29) is 6.61 Å². The average molecular weight is 619 g/mol. The average Bonchev–Trinajstić information content (AvgIpc) is 3.87. The zero-order chi connectivity index (χ0) is 31.0. The van der Waals surface area contributed by atoms with Crippen LogP contribution in [0.25, 0.3) is 21.5 Å². The Bertz CT molecular complexity index is 1820. The summed E-state index contributed by atoms with van der Waals surface area (Å²) in [6.45, 7) is 0.211. The van der Waals surface area contributed by atoms with Crippen LogP contribution in [0.2, 0.25) is 0 Å². The number of hydrogen-bond acceptors (Lipinski definition) is 7. The second-order valence-electron chi connectivity index (χ2n) is 11.2. The normalized spacial score (nSPS) is 19.1. The maximum absolute atomic E-state index is 12.2. The van der Waals surface area contributed by atoms with Crippen molar-refractivity contribution in [1.29, 1.82) is 0 Å². The van der Waals surface area contributed by atoms with Crippen LogP contribution >= 0.6 is 11.3 Å². The summed E-state index contributed by atoms with van der Waals surface area (Å²) in [5, 5.41) is 27.1. The van der Waals surface area contributed by atoms with E-state index in [4.69, 9.17) is 14.2 Å². The zero-order valence-corrected chi connectivity index (χ0v) is 25.8. The minimum absolute atomic E-state index is 0.211. The van der Waals surface area contributed by atoms with Crippen LogP contribution in [0, 0.1) is 5.92 Å². The lowest BCUT2D eigenvalue weighted by Crippen LogP contribution is -2.46. The molecule has 7 rings (SSSR count). The van der Waals surface area contributed by atoms with E-state index in [0.29, 0.717) is 5.65 Å². The van der Waals surface area contributed by atoms with Gasteiger partial charge in [0.05, 0.1) is 32.3 Å². The number of hydrogen-bond donors (Lipinski definition) is 2. The van der Waals surface area contributed by atoms with Crippen LogP contribution in [0.3, 0.4) is 0 Å². The van der Waals surface area contributed by atoms with Gasteiger partial charge >= 0.3 is 0 Å². The molecular weight excluding hydrogens is 584 g/mol. The highest BCUT2D eigenvalue weighted by atomic mass is 32.1. The quantitative estimate of drug-likeness (QED) is 0.176. The van der Waals surface area contributed by atoms with Gasteiger partial charge in [0.25, 0.3) is 0 Å². The van der Waals surface area contributed by atoms with E-state index in [1.807, 2.05) is 96.5 Å². The number of nitrogens with zero attached hydrogens (tertiary/aromatic N) is 2. The van der Waals surface area contributed by atoms with E-state index in [0.717, 1.165) is 44.0 Å². The van der Waals surface area contributed by atoms with Gasteiger partial charge in [0.2, 0.25) is 0 Å². The molecule has 1 aliphatic rings. The second-order valence-corrected chi connectivity index (χ2v) is 12.2. The van der Waals surface area contributed by atoms with Crippen LogP contribution in [0.5, 0.6) is 11.5 Å². The Morgan fingerprint density at radius 1 is 0.844 bits per heavy atom. The van der Waals surface area contributed by atoms with Gasteiger partial charge < -0.3 is 29.0 Å². The first-order valence-electron chi connectivity index (χ1n) is 14.9. The molecule has 2 N–H and O–H groups in total. The van der Waals surface area contributed by atoms with Crippen molar-refractivity contribution in [2.24, 2.45) is 5.92 Å². The molecule has 4 heterocycles. The lowest BCUT2D eigenvalue weighted by atomic mass is 9.60. The predicted molar refractivity (Wildman–Crippen MR) is 176 cm³/mol. The molecule has 0 bridgehead atoms. The van der Waals surface area contributed by atoms with Crippen molar-refractivity contribution in [3.63, 3.8) is 0 Å². The fourth-order valence-corrected chi connectivity index (χ4v) is 7.68. The van der Waals surface area contributed by atoms with Crippen molar-refractivity contribution in [3.8, 4) is 21.9 Å². The molecule has 0 spiro atoms. The Morgan fingerprint density at radius 3 is 2.09 bits per heavy atom. The number of benzene rings is 3. The fourth-order valence-electron chi connectivity index (χ4n) is 6.91. The molecule has 0 aliphatic carbocycles. The Hall–Kier alpha value is -4.47. The Kier molecular flexibility index (Phi) is 7.89. The second kappa shape index (κ2) is 12.1. The highest BCUT2D eigenvalue weighted by Crippen LogP contribution is 2.51. The number of thiophene rings is 1. The number of aromatic nitrogens is 2. The summed E-state index contributed by atoms with van der Waals surface area (Å²) in [4.78, 5) is 5.74. The summed E-state index contributed by atoms with van der Waals surface area (Å²) in [6, 6.07) is 34.1. The molecule has 1 aliphatic heterocycles. The number of aliphatic hydroxyl groups excluding tert-OH is 2. The van der Waals surface area contributed by atoms with E-state index in [1.54, 1.807) is 36.3 Å². The van der Waals surface area contributed by atoms with Crippen molar-refractivity contribution in [2.45, 2.75) is 23.9 Å². The van der Waals surface area contributed by atoms with Gasteiger partial charge in [-0.25, -0.2) is 4.98 Å². The maximum Gasteiger partial charge on any atom is 0.160 e. The first kappa shape index (κ1) is 29.3. The Balaban J connectivity index is 1.34. The smallest absolute Gasteiger partial charge is 0.160 e. The molecule has 3 aromatic heterocycles. The molecule has 0 saturated carbocycles. The standard InChI is InChI=1S/C37H34N2O5S/c1-42-27-14-10-25(11-15-27)37(24-7-4-3-5-8-24,26-12-16-28(43-2)17-13-26)31-23-44-34(33(31)40)36(41)39-21-19-30-29(18-20-38-35(30)39)32-9-6-22-45-32/h3-22,31,33-34,36,40-41H,23H2,1-2H3/t31-,33+,34+,36?/m1/s1. The molecule has 7 nitrogen and oxygen atoms in total. The van der Waals surface area contributed by atoms with Gasteiger partial charge in [-0.05, 0) is 64.5 Å². The number of fused-ring (bicyclic) bond motifs is 1. The summed E-state index contributed by atoms with van der Waals surface area (Å²) >= 11 is 1.66. The number of aliphatic hydroxyl groups is 2. The van der Waals surface area contributed by atoms with Gasteiger partial charge in [0.15, 0.2) is 6.23 Å². The van der Waals surface area contributed by atoms with E-state index in [2.05, 4.69) is 23.2 Å². The Morgan fingerprint density at radius 2 is 1.49 bits per heavy atom. The van der Waals surface area contributed by atoms with E-state index < -0.39 is 29.8 Å². The summed E-state index contributed by atoms with van der Waals surface area (Å²) < 4.78 is 19.1. The molecule has 228 valence electrons. The first-order valence-corrected chi connectivity index (χ1v) is 15.8. The third-order valence-electron chi connectivity index (χ3n) is 9.07. The lowest BCUT2D eigenvalue weighted by Gasteiger charge is -2.42. The topological polar surface area (TPSA) is 86.0 Å². The van der Waals surface area contributed by atoms with Gasteiger partial charge in [0.1, 0.15) is 23.3 Å². The molecule has 6 aromatic rings. The predicted octanol–water partition coefficient (Wildman–Crippen LogP) is 6.68. The van der Waals surface area contributed by atoms with Gasteiger partial charge in [-0.2, -0.15) is 0 Å². The molecule has 8 heteroatoms. The summed E-state index contributed by atoms with van der Waals surface area (Å²) in [7, 11) is 3.29. The maximum atomic E-state index is 12.2. The first-order chi connectivity index (χ1) is 22.1.